The third kappa shape index (κ3) is 1.47. The summed E-state index contributed by atoms with van der Waals surface area (Å²) in [4.78, 5) is 2.85. The highest BCUT2D eigenvalue weighted by Gasteiger charge is 2.29. The van der Waals surface area contributed by atoms with Crippen LogP contribution in [0, 0.1) is 17.5 Å². The quantitative estimate of drug-likeness (QED) is 0.715. The molecule has 0 bridgehead atoms. The highest BCUT2D eigenvalue weighted by Crippen LogP contribution is 2.38. The Kier molecular flexibility index (Phi) is 2.41. The first-order chi connectivity index (χ1) is 8.49. The summed E-state index contributed by atoms with van der Waals surface area (Å²) in [7, 11) is 0. The highest BCUT2D eigenvalue weighted by molar-refractivity contribution is 5.86. The first-order valence-corrected chi connectivity index (χ1v) is 5.82. The molecular weight excluding hydrogens is 243 g/mol. The molecule has 0 fully saturated rings. The molecule has 2 aromatic rings. The van der Waals surface area contributed by atoms with Gasteiger partial charge in [-0.25, -0.2) is 13.2 Å². The Bertz CT molecular complexity index is 635. The van der Waals surface area contributed by atoms with Crippen LogP contribution in [0.25, 0.3) is 10.9 Å². The van der Waals surface area contributed by atoms with Gasteiger partial charge in [-0.2, -0.15) is 0 Å². The van der Waals surface area contributed by atoms with Crippen molar-refractivity contribution in [2.75, 3.05) is 0 Å². The predicted molar refractivity (Wildman–Crippen MR) is 60.8 cm³/mol. The number of ether oxygens (including phenoxy) is 1. The fourth-order valence-electron chi connectivity index (χ4n) is 2.70. The van der Waals surface area contributed by atoms with E-state index in [1.165, 1.54) is 0 Å². The zero-order valence-electron chi connectivity index (χ0n) is 9.98. The number of H-pyrrole nitrogens is 1. The van der Waals surface area contributed by atoms with Gasteiger partial charge in [0.15, 0.2) is 11.6 Å². The highest BCUT2D eigenvalue weighted by atomic mass is 19.2. The van der Waals surface area contributed by atoms with Gasteiger partial charge < -0.3 is 9.72 Å². The van der Waals surface area contributed by atoms with Crippen molar-refractivity contribution in [1.82, 2.24) is 4.98 Å². The molecule has 2 heterocycles. The molecule has 2 atom stereocenters. The maximum absolute atomic E-state index is 13.9. The molecule has 5 heteroatoms. The van der Waals surface area contributed by atoms with Crippen LogP contribution in [0.1, 0.15) is 31.2 Å². The van der Waals surface area contributed by atoms with Gasteiger partial charge >= 0.3 is 0 Å². The lowest BCUT2D eigenvalue weighted by Gasteiger charge is -2.25. The molecule has 2 nitrogen and oxygen atoms in total. The monoisotopic (exact) mass is 255 g/mol. The van der Waals surface area contributed by atoms with Crippen molar-refractivity contribution in [1.29, 1.82) is 0 Å². The molecule has 1 aromatic carbocycles. The number of hydrogen-bond acceptors (Lipinski definition) is 1. The van der Waals surface area contributed by atoms with Crippen LogP contribution < -0.4 is 0 Å². The van der Waals surface area contributed by atoms with Crippen LogP contribution >= 0.6 is 0 Å². The van der Waals surface area contributed by atoms with Crippen LogP contribution in [0.15, 0.2) is 6.07 Å². The van der Waals surface area contributed by atoms with E-state index >= 15 is 0 Å². The molecule has 1 aliphatic heterocycles. The molecule has 1 aromatic heterocycles. The second-order valence-corrected chi connectivity index (χ2v) is 4.71. The summed E-state index contributed by atoms with van der Waals surface area (Å²) in [5, 5.41) is -0.0260. The van der Waals surface area contributed by atoms with Gasteiger partial charge in [0.05, 0.1) is 17.7 Å². The molecule has 0 spiro atoms. The maximum Gasteiger partial charge on any atom is 0.168 e. The van der Waals surface area contributed by atoms with E-state index in [9.17, 15) is 13.2 Å². The average Bonchev–Trinajstić information content (AvgIpc) is 2.66. The van der Waals surface area contributed by atoms with Crippen LogP contribution in [-0.4, -0.2) is 11.1 Å². The number of hydrogen-bond donors (Lipinski definition) is 1. The SMILES string of the molecule is CC1Cc2[nH]c3c(F)cc(F)c(F)c3c2C(C)O1. The molecule has 1 N–H and O–H groups in total. The normalized spacial score (nSPS) is 23.4. The Labute approximate surface area is 102 Å². The first kappa shape index (κ1) is 11.6. The number of fused-ring (bicyclic) bond motifs is 3. The molecular formula is C13H12F3NO. The van der Waals surface area contributed by atoms with Crippen LogP contribution in [-0.2, 0) is 11.2 Å². The van der Waals surface area contributed by atoms with Gasteiger partial charge in [-0.15, -0.1) is 0 Å². The lowest BCUT2D eigenvalue weighted by Crippen LogP contribution is -2.21. The fraction of sp³-hybridized carbons (Fsp3) is 0.385. The lowest BCUT2D eigenvalue weighted by atomic mass is 9.99. The molecule has 18 heavy (non-hydrogen) atoms. The molecule has 0 amide bonds. The first-order valence-electron chi connectivity index (χ1n) is 5.82. The second kappa shape index (κ2) is 3.75. The van der Waals surface area contributed by atoms with Crippen molar-refractivity contribution < 1.29 is 17.9 Å². The average molecular weight is 255 g/mol. The topological polar surface area (TPSA) is 25.0 Å². The second-order valence-electron chi connectivity index (χ2n) is 4.71. The van der Waals surface area contributed by atoms with Crippen LogP contribution in [0.3, 0.4) is 0 Å². The summed E-state index contributed by atoms with van der Waals surface area (Å²) in [5.74, 6) is -2.97. The molecule has 3 rings (SSSR count). The van der Waals surface area contributed by atoms with Crippen molar-refractivity contribution in [3.8, 4) is 0 Å². The minimum atomic E-state index is -1.17. The summed E-state index contributed by atoms with van der Waals surface area (Å²) >= 11 is 0. The summed E-state index contributed by atoms with van der Waals surface area (Å²) in [5.41, 5.74) is 1.27. The number of aromatic nitrogens is 1. The van der Waals surface area contributed by atoms with E-state index in [0.717, 1.165) is 5.69 Å². The molecule has 1 aliphatic rings. The summed E-state index contributed by atoms with van der Waals surface area (Å²) in [6, 6.07) is 0.564. The Morgan fingerprint density at radius 1 is 1.22 bits per heavy atom. The zero-order chi connectivity index (χ0) is 13.0. The minimum Gasteiger partial charge on any atom is -0.370 e. The molecule has 0 radical (unpaired) electrons. The largest absolute Gasteiger partial charge is 0.370 e. The molecule has 2 unspecified atom stereocenters. The number of nitrogens with one attached hydrogen (secondary N) is 1. The summed E-state index contributed by atoms with van der Waals surface area (Å²) in [6.45, 7) is 3.64. The van der Waals surface area contributed by atoms with Gasteiger partial charge in [0.1, 0.15) is 5.82 Å². The van der Waals surface area contributed by atoms with E-state index < -0.39 is 17.5 Å². The van der Waals surface area contributed by atoms with Gasteiger partial charge in [-0.3, -0.25) is 0 Å². The number of aromatic amines is 1. The van der Waals surface area contributed by atoms with Crippen LogP contribution in [0.4, 0.5) is 13.2 Å². The summed E-state index contributed by atoms with van der Waals surface area (Å²) in [6.07, 6.45) is 0.124. The standard InChI is InChI=1S/C13H12F3NO/c1-5-3-9-10(6(2)18-5)11-12(16)7(14)4-8(15)13(11)17-9/h4-6,17H,3H2,1-2H3. The summed E-state index contributed by atoms with van der Waals surface area (Å²) < 4.78 is 46.4. The van der Waals surface area contributed by atoms with Gasteiger partial charge in [0, 0.05) is 29.1 Å². The van der Waals surface area contributed by atoms with E-state index in [1.807, 2.05) is 6.92 Å². The van der Waals surface area contributed by atoms with Crippen LogP contribution in [0.2, 0.25) is 0 Å². The third-order valence-corrected chi connectivity index (χ3v) is 3.38. The molecule has 0 saturated heterocycles. The Balaban J connectivity index is 2.39. The van der Waals surface area contributed by atoms with E-state index in [-0.39, 0.29) is 23.1 Å². The van der Waals surface area contributed by atoms with Crippen LogP contribution in [0.5, 0.6) is 0 Å². The van der Waals surface area contributed by atoms with Gasteiger partial charge in [0.25, 0.3) is 0 Å². The Morgan fingerprint density at radius 3 is 2.67 bits per heavy atom. The minimum absolute atomic E-state index is 0.0171. The van der Waals surface area contributed by atoms with E-state index in [4.69, 9.17) is 4.74 Å². The lowest BCUT2D eigenvalue weighted by molar-refractivity contribution is -0.00446. The van der Waals surface area contributed by atoms with Gasteiger partial charge in [-0.05, 0) is 13.8 Å². The number of halogens is 3. The van der Waals surface area contributed by atoms with Crippen molar-refractivity contribution in [2.45, 2.75) is 32.5 Å². The number of rotatable bonds is 0. The maximum atomic E-state index is 13.9. The Hall–Kier alpha value is -1.49. The Morgan fingerprint density at radius 2 is 1.94 bits per heavy atom. The third-order valence-electron chi connectivity index (χ3n) is 3.38. The van der Waals surface area contributed by atoms with E-state index in [0.29, 0.717) is 18.1 Å². The van der Waals surface area contributed by atoms with Crippen molar-refractivity contribution in [3.63, 3.8) is 0 Å². The number of benzene rings is 1. The predicted octanol–water partition coefficient (Wildman–Crippen LogP) is 3.61. The van der Waals surface area contributed by atoms with Gasteiger partial charge in [0.2, 0.25) is 0 Å². The van der Waals surface area contributed by atoms with Crippen molar-refractivity contribution in [2.24, 2.45) is 0 Å². The zero-order valence-corrected chi connectivity index (χ0v) is 9.98. The molecule has 96 valence electrons. The smallest absolute Gasteiger partial charge is 0.168 e. The molecule has 0 aliphatic carbocycles. The molecule has 0 saturated carbocycles. The van der Waals surface area contributed by atoms with Gasteiger partial charge in [-0.1, -0.05) is 0 Å². The van der Waals surface area contributed by atoms with Crippen molar-refractivity contribution in [3.05, 3.63) is 34.8 Å². The van der Waals surface area contributed by atoms with Crippen molar-refractivity contribution >= 4 is 10.9 Å². The fourth-order valence-corrected chi connectivity index (χ4v) is 2.70. The van der Waals surface area contributed by atoms with E-state index in [1.54, 1.807) is 6.92 Å². The van der Waals surface area contributed by atoms with E-state index in [2.05, 4.69) is 4.98 Å².